The second-order valence-corrected chi connectivity index (χ2v) is 7.03. The number of amides is 1. The summed E-state index contributed by atoms with van der Waals surface area (Å²) < 4.78 is 0. The van der Waals surface area contributed by atoms with Crippen molar-refractivity contribution in [3.63, 3.8) is 0 Å². The molecule has 0 radical (unpaired) electrons. The molecule has 1 amide bonds. The molecule has 132 valence electrons. The molecule has 1 aromatic rings. The molecule has 2 aliphatic heterocycles. The topological polar surface area (TPSA) is 81.6 Å². The summed E-state index contributed by atoms with van der Waals surface area (Å²) >= 11 is 0. The number of nitrogens with one attached hydrogen (secondary N) is 1. The quantitative estimate of drug-likeness (QED) is 0.808. The Kier molecular flexibility index (Phi) is 5.30. The molecule has 0 unspecified atom stereocenters. The zero-order valence-corrected chi connectivity index (χ0v) is 14.4. The van der Waals surface area contributed by atoms with E-state index in [2.05, 4.69) is 20.2 Å². The third-order valence-corrected chi connectivity index (χ3v) is 4.88. The lowest BCUT2D eigenvalue weighted by atomic mass is 10.0. The van der Waals surface area contributed by atoms with Gasteiger partial charge in [0.15, 0.2) is 0 Å². The number of likely N-dealkylation sites (tertiary alicyclic amines) is 1. The summed E-state index contributed by atoms with van der Waals surface area (Å²) in [4.78, 5) is 24.7. The number of aryl methyl sites for hydroxylation is 1. The fraction of sp³-hybridized carbons (Fsp3) is 0.706. The zero-order chi connectivity index (χ0) is 17.0. The molecular formula is C17H27N5O2. The van der Waals surface area contributed by atoms with E-state index in [1.807, 2.05) is 17.9 Å². The molecule has 0 spiro atoms. The summed E-state index contributed by atoms with van der Waals surface area (Å²) in [6.45, 7) is 5.86. The minimum absolute atomic E-state index is 0.00153. The lowest BCUT2D eigenvalue weighted by Gasteiger charge is -2.27. The van der Waals surface area contributed by atoms with Crippen LogP contribution in [0.4, 0.5) is 5.82 Å². The summed E-state index contributed by atoms with van der Waals surface area (Å²) in [5.74, 6) is 0.833. The van der Waals surface area contributed by atoms with Crippen molar-refractivity contribution in [2.45, 2.75) is 38.2 Å². The zero-order valence-electron chi connectivity index (χ0n) is 14.4. The van der Waals surface area contributed by atoms with Crippen LogP contribution in [0.3, 0.4) is 0 Å². The number of aliphatic hydroxyl groups is 1. The van der Waals surface area contributed by atoms with E-state index in [9.17, 15) is 9.90 Å². The Morgan fingerprint density at radius 1 is 1.29 bits per heavy atom. The van der Waals surface area contributed by atoms with E-state index in [1.165, 1.54) is 19.3 Å². The van der Waals surface area contributed by atoms with Gasteiger partial charge in [0.2, 0.25) is 5.91 Å². The monoisotopic (exact) mass is 333 g/mol. The van der Waals surface area contributed by atoms with Crippen LogP contribution in [0.5, 0.6) is 0 Å². The summed E-state index contributed by atoms with van der Waals surface area (Å²) in [5.41, 5.74) is 0.0152. The molecule has 2 N–H and O–H groups in total. The molecule has 0 saturated carbocycles. The fourth-order valence-corrected chi connectivity index (χ4v) is 3.45. The molecule has 1 atom stereocenters. The SMILES string of the molecule is Cc1cc(N2CC[C@](O)(CNC(=O)CN3CCCCC3)C2)ncn1. The number of nitrogens with zero attached hydrogens (tertiary/aromatic N) is 4. The van der Waals surface area contributed by atoms with Crippen molar-refractivity contribution in [3.8, 4) is 0 Å². The molecule has 3 heterocycles. The largest absolute Gasteiger partial charge is 0.386 e. The molecule has 7 nitrogen and oxygen atoms in total. The fourth-order valence-electron chi connectivity index (χ4n) is 3.45. The molecule has 2 saturated heterocycles. The van der Waals surface area contributed by atoms with Crippen molar-refractivity contribution >= 4 is 11.7 Å². The number of rotatable bonds is 5. The Morgan fingerprint density at radius 3 is 2.83 bits per heavy atom. The van der Waals surface area contributed by atoms with Gasteiger partial charge in [-0.05, 0) is 39.3 Å². The number of carbonyl (C=O) groups is 1. The highest BCUT2D eigenvalue weighted by molar-refractivity contribution is 5.78. The summed E-state index contributed by atoms with van der Waals surface area (Å²) in [5, 5.41) is 13.6. The van der Waals surface area contributed by atoms with E-state index in [1.54, 1.807) is 6.33 Å². The molecule has 2 fully saturated rings. The van der Waals surface area contributed by atoms with E-state index in [0.717, 1.165) is 31.1 Å². The van der Waals surface area contributed by atoms with Crippen LogP contribution < -0.4 is 10.2 Å². The molecule has 3 rings (SSSR count). The van der Waals surface area contributed by atoms with Gasteiger partial charge in [0.1, 0.15) is 17.7 Å². The Balaban J connectivity index is 1.47. The normalized spacial score (nSPS) is 25.0. The van der Waals surface area contributed by atoms with Crippen LogP contribution in [-0.2, 0) is 4.79 Å². The standard InChI is InChI=1S/C17H27N5O2/c1-14-9-15(20-13-19-14)22-8-5-17(24,12-22)11-18-16(23)10-21-6-3-2-4-7-21/h9,13,24H,2-8,10-12H2,1H3,(H,18,23)/t17-/m0/s1. The van der Waals surface area contributed by atoms with E-state index < -0.39 is 5.60 Å². The van der Waals surface area contributed by atoms with Crippen molar-refractivity contribution in [2.24, 2.45) is 0 Å². The average molecular weight is 333 g/mol. The lowest BCUT2D eigenvalue weighted by Crippen LogP contribution is -2.48. The highest BCUT2D eigenvalue weighted by Gasteiger charge is 2.37. The maximum absolute atomic E-state index is 12.1. The molecular weight excluding hydrogens is 306 g/mol. The molecule has 7 heteroatoms. The number of carbonyl (C=O) groups excluding carboxylic acids is 1. The Labute approximate surface area is 143 Å². The highest BCUT2D eigenvalue weighted by atomic mass is 16.3. The third-order valence-electron chi connectivity index (χ3n) is 4.88. The first-order valence-electron chi connectivity index (χ1n) is 8.79. The number of piperidine rings is 1. The van der Waals surface area contributed by atoms with Crippen LogP contribution in [-0.4, -0.2) is 70.8 Å². The van der Waals surface area contributed by atoms with Crippen LogP contribution in [0.25, 0.3) is 0 Å². The minimum atomic E-state index is -0.892. The maximum atomic E-state index is 12.1. The second-order valence-electron chi connectivity index (χ2n) is 7.03. The van der Waals surface area contributed by atoms with Gasteiger partial charge in [-0.25, -0.2) is 9.97 Å². The molecule has 0 aliphatic carbocycles. The number of hydrogen-bond acceptors (Lipinski definition) is 6. The molecule has 2 aliphatic rings. The number of aromatic nitrogens is 2. The first-order chi connectivity index (χ1) is 11.5. The van der Waals surface area contributed by atoms with Gasteiger partial charge in [-0.1, -0.05) is 6.42 Å². The van der Waals surface area contributed by atoms with Crippen LogP contribution in [0, 0.1) is 6.92 Å². The van der Waals surface area contributed by atoms with Crippen molar-refractivity contribution in [2.75, 3.05) is 44.2 Å². The Bertz CT molecular complexity index is 576. The van der Waals surface area contributed by atoms with Crippen LogP contribution in [0.15, 0.2) is 12.4 Å². The molecule has 24 heavy (non-hydrogen) atoms. The van der Waals surface area contributed by atoms with Gasteiger partial charge in [-0.2, -0.15) is 0 Å². The predicted molar refractivity (Wildman–Crippen MR) is 91.8 cm³/mol. The summed E-state index contributed by atoms with van der Waals surface area (Å²) in [6.07, 6.45) is 5.77. The van der Waals surface area contributed by atoms with Gasteiger partial charge in [-0.3, -0.25) is 9.69 Å². The van der Waals surface area contributed by atoms with E-state index in [4.69, 9.17) is 0 Å². The van der Waals surface area contributed by atoms with E-state index in [-0.39, 0.29) is 5.91 Å². The second kappa shape index (κ2) is 7.44. The van der Waals surface area contributed by atoms with Crippen LogP contribution in [0.1, 0.15) is 31.4 Å². The maximum Gasteiger partial charge on any atom is 0.234 e. The molecule has 0 bridgehead atoms. The van der Waals surface area contributed by atoms with Crippen molar-refractivity contribution in [1.29, 1.82) is 0 Å². The van der Waals surface area contributed by atoms with Gasteiger partial charge in [0.25, 0.3) is 0 Å². The molecule has 0 aromatic carbocycles. The number of anilines is 1. The van der Waals surface area contributed by atoms with Gasteiger partial charge in [0, 0.05) is 31.4 Å². The first kappa shape index (κ1) is 17.1. The third kappa shape index (κ3) is 4.42. The van der Waals surface area contributed by atoms with Crippen LogP contribution >= 0.6 is 0 Å². The van der Waals surface area contributed by atoms with Gasteiger partial charge >= 0.3 is 0 Å². The van der Waals surface area contributed by atoms with Crippen molar-refractivity contribution in [1.82, 2.24) is 20.2 Å². The van der Waals surface area contributed by atoms with Crippen LogP contribution in [0.2, 0.25) is 0 Å². The smallest absolute Gasteiger partial charge is 0.234 e. The van der Waals surface area contributed by atoms with Crippen molar-refractivity contribution < 1.29 is 9.90 Å². The Morgan fingerprint density at radius 2 is 2.08 bits per heavy atom. The van der Waals surface area contributed by atoms with Gasteiger partial charge in [-0.15, -0.1) is 0 Å². The first-order valence-corrected chi connectivity index (χ1v) is 8.79. The van der Waals surface area contributed by atoms with E-state index in [0.29, 0.717) is 26.1 Å². The van der Waals surface area contributed by atoms with Gasteiger partial charge in [0.05, 0.1) is 6.54 Å². The molecule has 1 aromatic heterocycles. The average Bonchev–Trinajstić information content (AvgIpc) is 2.97. The summed E-state index contributed by atoms with van der Waals surface area (Å²) in [7, 11) is 0. The number of β-amino-alcohol motifs (C(OH)–C–C–N with tert-alkyl or cyclic N) is 1. The highest BCUT2D eigenvalue weighted by Crippen LogP contribution is 2.25. The lowest BCUT2D eigenvalue weighted by molar-refractivity contribution is -0.123. The number of hydrogen-bond donors (Lipinski definition) is 2. The summed E-state index contributed by atoms with van der Waals surface area (Å²) in [6, 6.07) is 1.92. The Hall–Kier alpha value is -1.73. The van der Waals surface area contributed by atoms with Gasteiger partial charge < -0.3 is 15.3 Å². The van der Waals surface area contributed by atoms with Crippen molar-refractivity contribution in [3.05, 3.63) is 18.1 Å². The minimum Gasteiger partial charge on any atom is -0.386 e. The predicted octanol–water partition coefficient (Wildman–Crippen LogP) is 0.328. The van der Waals surface area contributed by atoms with E-state index >= 15 is 0 Å².